The van der Waals surface area contributed by atoms with Gasteiger partial charge >= 0.3 is 0 Å². The van der Waals surface area contributed by atoms with E-state index in [1.54, 1.807) is 0 Å². The molecular weight excluding hydrogens is 272 g/mol. The first-order valence-corrected chi connectivity index (χ1v) is 8.01. The Labute approximate surface area is 131 Å². The molecule has 1 amide bonds. The number of benzene rings is 2. The molecule has 2 aliphatic heterocycles. The second-order valence-electron chi connectivity index (χ2n) is 6.13. The monoisotopic (exact) mass is 292 g/mol. The fourth-order valence-corrected chi connectivity index (χ4v) is 3.67. The van der Waals surface area contributed by atoms with Crippen molar-refractivity contribution in [3.05, 3.63) is 53.1 Å². The minimum atomic E-state index is 0.121. The molecule has 2 aromatic carbocycles. The summed E-state index contributed by atoms with van der Waals surface area (Å²) in [6.45, 7) is 5.29. The lowest BCUT2D eigenvalue weighted by atomic mass is 9.87. The molecule has 3 heteroatoms. The molecule has 0 bridgehead atoms. The Morgan fingerprint density at radius 3 is 2.77 bits per heavy atom. The minimum Gasteiger partial charge on any atom is -0.325 e. The number of rotatable bonds is 2. The van der Waals surface area contributed by atoms with E-state index in [0.717, 1.165) is 37.3 Å². The standard InChI is InChI=1S/C19H20N2O/c1-2-21-9-8-15-16(13-6-4-3-5-7-13)10-14-11-18(22)20-19(14)17(15)12-21/h3-7,10H,2,8-9,11-12H2,1H3,(H,20,22). The number of carbonyl (C=O) groups excluding carboxylic acids is 1. The largest absolute Gasteiger partial charge is 0.325 e. The minimum absolute atomic E-state index is 0.121. The van der Waals surface area contributed by atoms with Crippen molar-refractivity contribution in [1.82, 2.24) is 4.90 Å². The zero-order valence-electron chi connectivity index (χ0n) is 12.9. The molecule has 112 valence electrons. The number of carbonyl (C=O) groups is 1. The van der Waals surface area contributed by atoms with Crippen molar-refractivity contribution in [1.29, 1.82) is 0 Å². The van der Waals surface area contributed by atoms with Gasteiger partial charge in [0.2, 0.25) is 5.91 Å². The molecule has 0 aliphatic carbocycles. The van der Waals surface area contributed by atoms with Gasteiger partial charge in [0.05, 0.1) is 6.42 Å². The summed E-state index contributed by atoms with van der Waals surface area (Å²) in [6, 6.07) is 12.8. The van der Waals surface area contributed by atoms with Crippen molar-refractivity contribution < 1.29 is 4.79 Å². The van der Waals surface area contributed by atoms with Gasteiger partial charge in [-0.05, 0) is 46.8 Å². The summed E-state index contributed by atoms with van der Waals surface area (Å²) in [5.41, 5.74) is 7.54. The highest BCUT2D eigenvalue weighted by atomic mass is 16.1. The van der Waals surface area contributed by atoms with Gasteiger partial charge in [0.25, 0.3) is 0 Å². The van der Waals surface area contributed by atoms with E-state index in [9.17, 15) is 4.79 Å². The Hall–Kier alpha value is -2.13. The summed E-state index contributed by atoms with van der Waals surface area (Å²) in [7, 11) is 0. The average molecular weight is 292 g/mol. The van der Waals surface area contributed by atoms with Crippen molar-refractivity contribution in [2.45, 2.75) is 26.3 Å². The Kier molecular flexibility index (Phi) is 3.23. The molecular formula is C19H20N2O. The van der Waals surface area contributed by atoms with Crippen LogP contribution < -0.4 is 5.32 Å². The molecule has 4 rings (SSSR count). The smallest absolute Gasteiger partial charge is 0.228 e. The zero-order chi connectivity index (χ0) is 15.1. The van der Waals surface area contributed by atoms with Gasteiger partial charge < -0.3 is 5.32 Å². The Morgan fingerprint density at radius 2 is 2.00 bits per heavy atom. The van der Waals surface area contributed by atoms with Gasteiger partial charge in [0.1, 0.15) is 0 Å². The summed E-state index contributed by atoms with van der Waals surface area (Å²) in [5.74, 6) is 0.121. The van der Waals surface area contributed by atoms with E-state index < -0.39 is 0 Å². The lowest BCUT2D eigenvalue weighted by molar-refractivity contribution is -0.115. The molecule has 3 nitrogen and oxygen atoms in total. The van der Waals surface area contributed by atoms with Crippen LogP contribution in [0.25, 0.3) is 11.1 Å². The van der Waals surface area contributed by atoms with Gasteiger partial charge in [-0.1, -0.05) is 37.3 Å². The van der Waals surface area contributed by atoms with Crippen LogP contribution in [0.1, 0.15) is 23.6 Å². The van der Waals surface area contributed by atoms with Crippen molar-refractivity contribution in [2.75, 3.05) is 18.4 Å². The van der Waals surface area contributed by atoms with E-state index in [2.05, 4.69) is 47.5 Å². The summed E-state index contributed by atoms with van der Waals surface area (Å²) >= 11 is 0. The van der Waals surface area contributed by atoms with Crippen molar-refractivity contribution in [3.63, 3.8) is 0 Å². The highest BCUT2D eigenvalue weighted by Gasteiger charge is 2.28. The molecule has 22 heavy (non-hydrogen) atoms. The maximum absolute atomic E-state index is 11.9. The van der Waals surface area contributed by atoms with Crippen molar-refractivity contribution >= 4 is 11.6 Å². The van der Waals surface area contributed by atoms with Gasteiger partial charge in [0, 0.05) is 18.8 Å². The summed E-state index contributed by atoms with van der Waals surface area (Å²) in [5, 5.41) is 3.08. The molecule has 0 saturated heterocycles. The van der Waals surface area contributed by atoms with E-state index in [0.29, 0.717) is 6.42 Å². The second-order valence-corrected chi connectivity index (χ2v) is 6.13. The number of hydrogen-bond donors (Lipinski definition) is 1. The van der Waals surface area contributed by atoms with Crippen molar-refractivity contribution in [3.8, 4) is 11.1 Å². The molecule has 2 aromatic rings. The fraction of sp³-hybridized carbons (Fsp3) is 0.316. The normalized spacial score (nSPS) is 17.0. The third-order valence-corrected chi connectivity index (χ3v) is 4.84. The third-order valence-electron chi connectivity index (χ3n) is 4.84. The topological polar surface area (TPSA) is 32.3 Å². The quantitative estimate of drug-likeness (QED) is 0.921. The maximum atomic E-state index is 11.9. The Balaban J connectivity index is 1.91. The molecule has 2 heterocycles. The van der Waals surface area contributed by atoms with Crippen LogP contribution in [-0.2, 0) is 24.2 Å². The van der Waals surface area contributed by atoms with Crippen LogP contribution in [0.15, 0.2) is 36.4 Å². The van der Waals surface area contributed by atoms with E-state index >= 15 is 0 Å². The second kappa shape index (κ2) is 5.25. The van der Waals surface area contributed by atoms with Crippen LogP contribution in [0.4, 0.5) is 5.69 Å². The first-order chi connectivity index (χ1) is 10.8. The molecule has 0 unspecified atom stereocenters. The van der Waals surface area contributed by atoms with Gasteiger partial charge in [-0.15, -0.1) is 0 Å². The van der Waals surface area contributed by atoms with Crippen LogP contribution in [0.3, 0.4) is 0 Å². The zero-order valence-corrected chi connectivity index (χ0v) is 12.9. The Bertz CT molecular complexity index is 737. The average Bonchev–Trinajstić information content (AvgIpc) is 2.95. The number of amides is 1. The van der Waals surface area contributed by atoms with Gasteiger partial charge in [-0.2, -0.15) is 0 Å². The van der Waals surface area contributed by atoms with Crippen LogP contribution in [0.5, 0.6) is 0 Å². The molecule has 0 spiro atoms. The van der Waals surface area contributed by atoms with E-state index in [-0.39, 0.29) is 5.91 Å². The van der Waals surface area contributed by atoms with Gasteiger partial charge in [0.15, 0.2) is 0 Å². The molecule has 0 atom stereocenters. The maximum Gasteiger partial charge on any atom is 0.228 e. The molecule has 0 fully saturated rings. The number of fused-ring (bicyclic) bond motifs is 3. The first kappa shape index (κ1) is 13.5. The summed E-state index contributed by atoms with van der Waals surface area (Å²) < 4.78 is 0. The van der Waals surface area contributed by atoms with Gasteiger partial charge in [-0.25, -0.2) is 0 Å². The number of nitrogens with zero attached hydrogens (tertiary/aromatic N) is 1. The fourth-order valence-electron chi connectivity index (χ4n) is 3.67. The number of likely N-dealkylation sites (N-methyl/N-ethyl adjacent to an activating group) is 1. The molecule has 0 saturated carbocycles. The van der Waals surface area contributed by atoms with Crippen LogP contribution in [-0.4, -0.2) is 23.9 Å². The highest BCUT2D eigenvalue weighted by molar-refractivity contribution is 6.01. The van der Waals surface area contributed by atoms with Crippen LogP contribution >= 0.6 is 0 Å². The van der Waals surface area contributed by atoms with Crippen LogP contribution in [0.2, 0.25) is 0 Å². The highest BCUT2D eigenvalue weighted by Crippen LogP contribution is 2.39. The lowest BCUT2D eigenvalue weighted by Crippen LogP contribution is -2.31. The predicted molar refractivity (Wildman–Crippen MR) is 88.9 cm³/mol. The summed E-state index contributed by atoms with van der Waals surface area (Å²) in [4.78, 5) is 14.3. The van der Waals surface area contributed by atoms with Crippen LogP contribution in [0, 0.1) is 0 Å². The molecule has 2 aliphatic rings. The van der Waals surface area contributed by atoms with E-state index in [1.165, 1.54) is 22.3 Å². The van der Waals surface area contributed by atoms with Crippen molar-refractivity contribution in [2.24, 2.45) is 0 Å². The lowest BCUT2D eigenvalue weighted by Gasteiger charge is -2.31. The number of nitrogens with one attached hydrogen (secondary N) is 1. The number of hydrogen-bond acceptors (Lipinski definition) is 2. The molecule has 1 N–H and O–H groups in total. The molecule has 0 radical (unpaired) electrons. The van der Waals surface area contributed by atoms with E-state index in [4.69, 9.17) is 0 Å². The first-order valence-electron chi connectivity index (χ1n) is 8.01. The SMILES string of the molecule is CCN1CCc2c(-c3ccccc3)cc3c(c2C1)NC(=O)C3. The summed E-state index contributed by atoms with van der Waals surface area (Å²) in [6.07, 6.45) is 1.56. The molecule has 0 aromatic heterocycles. The third kappa shape index (κ3) is 2.13. The van der Waals surface area contributed by atoms with Gasteiger partial charge in [-0.3, -0.25) is 9.69 Å². The predicted octanol–water partition coefficient (Wildman–Crippen LogP) is 3.23. The number of anilines is 1. The van der Waals surface area contributed by atoms with E-state index in [1.807, 2.05) is 6.07 Å². The Morgan fingerprint density at radius 1 is 1.18 bits per heavy atom.